The fourth-order valence-corrected chi connectivity index (χ4v) is 1.85. The number of hydrogen-bond acceptors (Lipinski definition) is 4. The number of carboxylic acids is 1. The fraction of sp³-hybridized carbons (Fsp3) is 0.545. The van der Waals surface area contributed by atoms with Crippen molar-refractivity contribution in [2.24, 2.45) is 0 Å². The quantitative estimate of drug-likeness (QED) is 0.509. The number of carbonyl (C=O) groups is 3. The molecule has 0 aromatic rings. The second kappa shape index (κ2) is 4.57. The van der Waals surface area contributed by atoms with Crippen LogP contribution < -0.4 is 5.32 Å². The lowest BCUT2D eigenvalue weighted by Crippen LogP contribution is -2.43. The molecule has 0 spiro atoms. The fourth-order valence-electron chi connectivity index (χ4n) is 1.85. The smallest absolute Gasteiger partial charge is 0.322 e. The van der Waals surface area contributed by atoms with Crippen molar-refractivity contribution in [2.75, 3.05) is 13.1 Å². The summed E-state index contributed by atoms with van der Waals surface area (Å²) in [6, 6.07) is 0.276. The molecular formula is C11H14N2O4. The number of Topliss-reactive ketones (excluding diaryl/α,β-unsaturated/α-hetero) is 1. The molecule has 1 aliphatic heterocycles. The Morgan fingerprint density at radius 1 is 1.47 bits per heavy atom. The van der Waals surface area contributed by atoms with Crippen LogP contribution in [0.2, 0.25) is 0 Å². The second-order valence-electron chi connectivity index (χ2n) is 4.24. The first-order chi connectivity index (χ1) is 8.09. The Bertz CT molecular complexity index is 398. The molecule has 17 heavy (non-hydrogen) atoms. The normalized spacial score (nSPS) is 23.1. The first kappa shape index (κ1) is 11.6. The maximum absolute atomic E-state index is 11.9. The molecule has 0 atom stereocenters. The molecule has 6 nitrogen and oxygen atoms in total. The van der Waals surface area contributed by atoms with E-state index in [0.717, 1.165) is 12.8 Å². The van der Waals surface area contributed by atoms with Crippen molar-refractivity contribution in [1.29, 1.82) is 0 Å². The number of amides is 1. The Labute approximate surface area is 98.3 Å². The zero-order chi connectivity index (χ0) is 12.4. The van der Waals surface area contributed by atoms with E-state index in [4.69, 9.17) is 5.11 Å². The highest BCUT2D eigenvalue weighted by Crippen LogP contribution is 2.30. The summed E-state index contributed by atoms with van der Waals surface area (Å²) in [7, 11) is 0. The molecule has 1 saturated carbocycles. The summed E-state index contributed by atoms with van der Waals surface area (Å²) in [5.74, 6) is -1.52. The van der Waals surface area contributed by atoms with Crippen molar-refractivity contribution < 1.29 is 19.5 Å². The van der Waals surface area contributed by atoms with Crippen LogP contribution in [0.4, 0.5) is 0 Å². The van der Waals surface area contributed by atoms with Gasteiger partial charge in [0.2, 0.25) is 0 Å². The Morgan fingerprint density at radius 2 is 2.18 bits per heavy atom. The maximum atomic E-state index is 11.9. The van der Waals surface area contributed by atoms with Crippen LogP contribution in [0.15, 0.2) is 11.8 Å². The second-order valence-corrected chi connectivity index (χ2v) is 4.24. The molecular weight excluding hydrogens is 224 g/mol. The molecule has 2 rings (SSSR count). The number of nitrogens with zero attached hydrogens (tertiary/aromatic N) is 1. The van der Waals surface area contributed by atoms with Crippen LogP contribution in [-0.4, -0.2) is 46.8 Å². The van der Waals surface area contributed by atoms with Gasteiger partial charge in [0.15, 0.2) is 5.78 Å². The summed E-state index contributed by atoms with van der Waals surface area (Å²) in [5, 5.41) is 10.9. The minimum atomic E-state index is -1.03. The number of piperidine rings is 1. The van der Waals surface area contributed by atoms with E-state index >= 15 is 0 Å². The first-order valence-electron chi connectivity index (χ1n) is 5.59. The van der Waals surface area contributed by atoms with E-state index in [9.17, 15) is 14.4 Å². The third-order valence-corrected chi connectivity index (χ3v) is 2.86. The van der Waals surface area contributed by atoms with Crippen molar-refractivity contribution in [2.45, 2.75) is 25.3 Å². The highest BCUT2D eigenvalue weighted by molar-refractivity contribution is 6.20. The summed E-state index contributed by atoms with van der Waals surface area (Å²) >= 11 is 0. The van der Waals surface area contributed by atoms with Crippen molar-refractivity contribution in [3.05, 3.63) is 11.8 Å². The lowest BCUT2D eigenvalue weighted by Gasteiger charge is -2.27. The summed E-state index contributed by atoms with van der Waals surface area (Å²) in [5.41, 5.74) is 0.0735. The number of ketones is 1. The van der Waals surface area contributed by atoms with E-state index in [1.165, 1.54) is 6.20 Å². The Hall–Kier alpha value is -1.85. The summed E-state index contributed by atoms with van der Waals surface area (Å²) in [4.78, 5) is 35.5. The number of likely N-dealkylation sites (tertiary alicyclic amines) is 1. The molecule has 2 N–H and O–H groups in total. The van der Waals surface area contributed by atoms with Crippen molar-refractivity contribution >= 4 is 17.7 Å². The zero-order valence-corrected chi connectivity index (χ0v) is 9.31. The molecule has 92 valence electrons. The van der Waals surface area contributed by atoms with E-state index in [-0.39, 0.29) is 29.9 Å². The lowest BCUT2D eigenvalue weighted by molar-refractivity contribution is -0.136. The van der Waals surface area contributed by atoms with Gasteiger partial charge in [0, 0.05) is 25.2 Å². The molecule has 2 aliphatic rings. The molecule has 0 aromatic carbocycles. The van der Waals surface area contributed by atoms with Crippen LogP contribution in [-0.2, 0) is 14.4 Å². The zero-order valence-electron chi connectivity index (χ0n) is 9.31. The molecule has 2 fully saturated rings. The molecule has 0 unspecified atom stereocenters. The average molecular weight is 238 g/mol. The topological polar surface area (TPSA) is 86.7 Å². The lowest BCUT2D eigenvalue weighted by atomic mass is 10.0. The van der Waals surface area contributed by atoms with Crippen molar-refractivity contribution in [3.63, 3.8) is 0 Å². The Balaban J connectivity index is 2.03. The van der Waals surface area contributed by atoms with Crippen molar-refractivity contribution in [1.82, 2.24) is 10.2 Å². The predicted molar refractivity (Wildman–Crippen MR) is 58.1 cm³/mol. The molecule has 6 heteroatoms. The minimum Gasteiger partial charge on any atom is -0.480 e. The third-order valence-electron chi connectivity index (χ3n) is 2.86. The highest BCUT2D eigenvalue weighted by Gasteiger charge is 2.38. The third kappa shape index (κ3) is 2.64. The number of nitrogens with one attached hydrogen (secondary N) is 1. The molecule has 1 aliphatic carbocycles. The monoisotopic (exact) mass is 238 g/mol. The van der Waals surface area contributed by atoms with E-state index in [1.54, 1.807) is 4.90 Å². The Morgan fingerprint density at radius 3 is 2.76 bits per heavy atom. The van der Waals surface area contributed by atoms with Crippen LogP contribution in [0, 0.1) is 0 Å². The number of rotatable bonds is 4. The average Bonchev–Trinajstić information content (AvgIpc) is 3.06. The molecule has 1 saturated heterocycles. The van der Waals surface area contributed by atoms with Crippen LogP contribution in [0.1, 0.15) is 19.3 Å². The number of carboxylic acid groups (broad SMARTS) is 1. The summed E-state index contributed by atoms with van der Waals surface area (Å²) in [6.45, 7) is 0.187. The van der Waals surface area contributed by atoms with Gasteiger partial charge in [-0.2, -0.15) is 0 Å². The SMILES string of the molecule is O=C(O)CN/C=C1\C(=O)CCN(C2CC2)C1=O. The molecule has 0 bridgehead atoms. The van der Waals surface area contributed by atoms with Crippen LogP contribution >= 0.6 is 0 Å². The van der Waals surface area contributed by atoms with E-state index in [2.05, 4.69) is 5.32 Å². The van der Waals surface area contributed by atoms with Gasteiger partial charge in [0.05, 0.1) is 5.57 Å². The van der Waals surface area contributed by atoms with E-state index in [1.807, 2.05) is 0 Å². The van der Waals surface area contributed by atoms with Crippen LogP contribution in [0.25, 0.3) is 0 Å². The number of aliphatic carboxylic acids is 1. The number of carbonyl (C=O) groups excluding carboxylic acids is 2. The summed E-state index contributed by atoms with van der Waals surface area (Å²) < 4.78 is 0. The molecule has 1 heterocycles. The van der Waals surface area contributed by atoms with Gasteiger partial charge in [0.25, 0.3) is 5.91 Å². The van der Waals surface area contributed by atoms with Gasteiger partial charge in [-0.05, 0) is 12.8 Å². The van der Waals surface area contributed by atoms with E-state index in [0.29, 0.717) is 13.0 Å². The molecule has 0 radical (unpaired) electrons. The summed E-state index contributed by atoms with van der Waals surface area (Å²) in [6.07, 6.45) is 3.54. The molecule has 1 amide bonds. The van der Waals surface area contributed by atoms with Gasteiger partial charge < -0.3 is 15.3 Å². The predicted octanol–water partition coefficient (Wildman–Crippen LogP) is -0.492. The Kier molecular flexibility index (Phi) is 3.12. The van der Waals surface area contributed by atoms with Crippen molar-refractivity contribution in [3.8, 4) is 0 Å². The number of hydrogen-bond donors (Lipinski definition) is 2. The van der Waals surface area contributed by atoms with Gasteiger partial charge in [-0.3, -0.25) is 14.4 Å². The molecule has 0 aromatic heterocycles. The van der Waals surface area contributed by atoms with Gasteiger partial charge in [0.1, 0.15) is 6.54 Å². The highest BCUT2D eigenvalue weighted by atomic mass is 16.4. The van der Waals surface area contributed by atoms with E-state index < -0.39 is 5.97 Å². The largest absolute Gasteiger partial charge is 0.480 e. The minimum absolute atomic E-state index is 0.0735. The van der Waals surface area contributed by atoms with Gasteiger partial charge in [-0.15, -0.1) is 0 Å². The van der Waals surface area contributed by atoms with Gasteiger partial charge in [-0.25, -0.2) is 0 Å². The van der Waals surface area contributed by atoms with Crippen LogP contribution in [0.5, 0.6) is 0 Å². The van der Waals surface area contributed by atoms with Gasteiger partial charge >= 0.3 is 5.97 Å². The standard InChI is InChI=1S/C11H14N2O4/c14-9-3-4-13(7-1-2-7)11(17)8(9)5-12-6-10(15)16/h5,7,12H,1-4,6H2,(H,15,16)/b8-5+. The first-order valence-corrected chi connectivity index (χ1v) is 5.59. The maximum Gasteiger partial charge on any atom is 0.322 e. The van der Waals surface area contributed by atoms with Crippen LogP contribution in [0.3, 0.4) is 0 Å². The van der Waals surface area contributed by atoms with Gasteiger partial charge in [-0.1, -0.05) is 0 Å².